The van der Waals surface area contributed by atoms with Gasteiger partial charge in [-0.05, 0) is 46.3 Å². The normalized spacial score (nSPS) is 10.8. The number of carboxylic acids is 1. The standard InChI is InChI=1S/C14H8Br2N2O2S/c15-8-2-1-3-9(6-8)18-7-10(14(19)20)13(17-18)11-4-5-12(16)21-11/h1-7H,(H,19,20). The van der Waals surface area contributed by atoms with Gasteiger partial charge in [0.2, 0.25) is 0 Å². The van der Waals surface area contributed by atoms with Gasteiger partial charge in [0.15, 0.2) is 0 Å². The molecule has 0 spiro atoms. The van der Waals surface area contributed by atoms with Gasteiger partial charge in [-0.15, -0.1) is 11.3 Å². The van der Waals surface area contributed by atoms with E-state index < -0.39 is 5.97 Å². The van der Waals surface area contributed by atoms with Crippen LogP contribution in [0, 0.1) is 0 Å². The average molecular weight is 428 g/mol. The van der Waals surface area contributed by atoms with Crippen LogP contribution in [0.3, 0.4) is 0 Å². The third kappa shape index (κ3) is 2.95. The molecular weight excluding hydrogens is 420 g/mol. The first-order valence-electron chi connectivity index (χ1n) is 5.89. The molecule has 0 atom stereocenters. The maximum Gasteiger partial charge on any atom is 0.339 e. The largest absolute Gasteiger partial charge is 0.478 e. The second-order valence-corrected chi connectivity index (χ2v) is 7.60. The maximum atomic E-state index is 11.4. The fourth-order valence-electron chi connectivity index (χ4n) is 1.90. The number of aromatic carboxylic acids is 1. The monoisotopic (exact) mass is 426 g/mol. The molecule has 0 aliphatic rings. The lowest BCUT2D eigenvalue weighted by molar-refractivity contribution is 0.0697. The zero-order valence-corrected chi connectivity index (χ0v) is 14.4. The fourth-order valence-corrected chi connectivity index (χ4v) is 3.68. The molecule has 0 aliphatic carbocycles. The zero-order chi connectivity index (χ0) is 15.0. The van der Waals surface area contributed by atoms with E-state index in [-0.39, 0.29) is 5.56 Å². The topological polar surface area (TPSA) is 55.1 Å². The van der Waals surface area contributed by atoms with Crippen molar-refractivity contribution in [1.82, 2.24) is 9.78 Å². The zero-order valence-electron chi connectivity index (χ0n) is 10.5. The predicted octanol–water partition coefficient (Wildman–Crippen LogP) is 4.82. The van der Waals surface area contributed by atoms with Crippen molar-refractivity contribution in [2.24, 2.45) is 0 Å². The highest BCUT2D eigenvalue weighted by atomic mass is 79.9. The van der Waals surface area contributed by atoms with Crippen LogP contribution in [0.15, 0.2) is 50.9 Å². The Kier molecular flexibility index (Phi) is 3.97. The third-order valence-corrected chi connectivity index (χ3v) is 4.95. The summed E-state index contributed by atoms with van der Waals surface area (Å²) in [5.41, 5.74) is 1.45. The van der Waals surface area contributed by atoms with Crippen LogP contribution in [0.25, 0.3) is 16.3 Å². The van der Waals surface area contributed by atoms with Crippen molar-refractivity contribution in [2.75, 3.05) is 0 Å². The lowest BCUT2D eigenvalue weighted by atomic mass is 10.2. The maximum absolute atomic E-state index is 11.4. The van der Waals surface area contributed by atoms with E-state index in [1.165, 1.54) is 17.5 Å². The Hall–Kier alpha value is -1.44. The van der Waals surface area contributed by atoms with Crippen LogP contribution >= 0.6 is 43.2 Å². The van der Waals surface area contributed by atoms with E-state index in [4.69, 9.17) is 0 Å². The average Bonchev–Trinajstić information content (AvgIpc) is 3.04. The molecule has 3 aromatic rings. The molecule has 0 saturated heterocycles. The second-order valence-electron chi connectivity index (χ2n) is 4.22. The number of halogens is 2. The molecule has 0 bridgehead atoms. The smallest absolute Gasteiger partial charge is 0.339 e. The summed E-state index contributed by atoms with van der Waals surface area (Å²) in [6.07, 6.45) is 1.53. The summed E-state index contributed by atoms with van der Waals surface area (Å²) in [6, 6.07) is 11.3. The van der Waals surface area contributed by atoms with E-state index in [2.05, 4.69) is 37.0 Å². The Morgan fingerprint density at radius 1 is 1.24 bits per heavy atom. The molecule has 1 aromatic carbocycles. The van der Waals surface area contributed by atoms with Gasteiger partial charge in [-0.1, -0.05) is 22.0 Å². The Labute approximate surface area is 141 Å². The molecule has 2 aromatic heterocycles. The summed E-state index contributed by atoms with van der Waals surface area (Å²) in [5, 5.41) is 13.8. The summed E-state index contributed by atoms with van der Waals surface area (Å²) in [5.74, 6) is -0.990. The highest BCUT2D eigenvalue weighted by Gasteiger charge is 2.19. The quantitative estimate of drug-likeness (QED) is 0.651. The predicted molar refractivity (Wildman–Crippen MR) is 89.2 cm³/mol. The molecule has 0 unspecified atom stereocenters. The molecule has 0 amide bonds. The van der Waals surface area contributed by atoms with Crippen LogP contribution in [-0.4, -0.2) is 20.9 Å². The number of carbonyl (C=O) groups is 1. The van der Waals surface area contributed by atoms with Crippen molar-refractivity contribution < 1.29 is 9.90 Å². The summed E-state index contributed by atoms with van der Waals surface area (Å²) in [7, 11) is 0. The van der Waals surface area contributed by atoms with Crippen LogP contribution in [0.1, 0.15) is 10.4 Å². The van der Waals surface area contributed by atoms with Gasteiger partial charge in [0.05, 0.1) is 14.4 Å². The van der Waals surface area contributed by atoms with E-state index in [9.17, 15) is 9.90 Å². The molecule has 4 nitrogen and oxygen atoms in total. The molecule has 106 valence electrons. The molecule has 1 N–H and O–H groups in total. The number of hydrogen-bond donors (Lipinski definition) is 1. The van der Waals surface area contributed by atoms with Gasteiger partial charge in [-0.25, -0.2) is 9.48 Å². The van der Waals surface area contributed by atoms with Gasteiger partial charge in [0.25, 0.3) is 0 Å². The molecule has 0 saturated carbocycles. The first-order chi connectivity index (χ1) is 10.0. The van der Waals surface area contributed by atoms with Crippen LogP contribution in [0.5, 0.6) is 0 Å². The van der Waals surface area contributed by atoms with E-state index in [1.54, 1.807) is 4.68 Å². The van der Waals surface area contributed by atoms with Crippen molar-refractivity contribution in [3.63, 3.8) is 0 Å². The Morgan fingerprint density at radius 3 is 2.67 bits per heavy atom. The molecule has 0 fully saturated rings. The Morgan fingerprint density at radius 2 is 2.05 bits per heavy atom. The first kappa shape index (κ1) is 14.5. The number of rotatable bonds is 3. The number of hydrogen-bond acceptors (Lipinski definition) is 3. The molecule has 2 heterocycles. The molecule has 21 heavy (non-hydrogen) atoms. The van der Waals surface area contributed by atoms with Gasteiger partial charge >= 0.3 is 5.97 Å². The highest BCUT2D eigenvalue weighted by molar-refractivity contribution is 9.11. The minimum absolute atomic E-state index is 0.185. The van der Waals surface area contributed by atoms with E-state index in [0.717, 1.165) is 18.8 Å². The molecule has 0 radical (unpaired) electrons. The number of benzene rings is 1. The molecule has 0 aliphatic heterocycles. The van der Waals surface area contributed by atoms with E-state index >= 15 is 0 Å². The fraction of sp³-hybridized carbons (Fsp3) is 0. The lowest BCUT2D eigenvalue weighted by Crippen LogP contribution is -1.96. The number of nitrogens with zero attached hydrogens (tertiary/aromatic N) is 2. The number of aromatic nitrogens is 2. The van der Waals surface area contributed by atoms with Crippen molar-refractivity contribution in [2.45, 2.75) is 0 Å². The minimum Gasteiger partial charge on any atom is -0.478 e. The van der Waals surface area contributed by atoms with Gasteiger partial charge in [-0.2, -0.15) is 5.10 Å². The van der Waals surface area contributed by atoms with E-state index in [0.29, 0.717) is 5.69 Å². The van der Waals surface area contributed by atoms with Crippen molar-refractivity contribution in [1.29, 1.82) is 0 Å². The molecular formula is C14H8Br2N2O2S. The van der Waals surface area contributed by atoms with Crippen LogP contribution in [-0.2, 0) is 0 Å². The second kappa shape index (κ2) is 5.75. The van der Waals surface area contributed by atoms with Crippen LogP contribution in [0.2, 0.25) is 0 Å². The lowest BCUT2D eigenvalue weighted by Gasteiger charge is -2.00. The Balaban J connectivity index is 2.15. The minimum atomic E-state index is -0.990. The van der Waals surface area contributed by atoms with Gasteiger partial charge in [0.1, 0.15) is 11.3 Å². The summed E-state index contributed by atoms with van der Waals surface area (Å²) in [4.78, 5) is 12.3. The van der Waals surface area contributed by atoms with E-state index in [1.807, 2.05) is 36.4 Å². The van der Waals surface area contributed by atoms with Crippen molar-refractivity contribution in [3.05, 3.63) is 56.4 Å². The summed E-state index contributed by atoms with van der Waals surface area (Å²) in [6.45, 7) is 0. The highest BCUT2D eigenvalue weighted by Crippen LogP contribution is 2.33. The van der Waals surface area contributed by atoms with Crippen molar-refractivity contribution >= 4 is 49.2 Å². The molecule has 3 rings (SSSR count). The van der Waals surface area contributed by atoms with Gasteiger partial charge in [-0.3, -0.25) is 0 Å². The first-order valence-corrected chi connectivity index (χ1v) is 8.29. The van der Waals surface area contributed by atoms with Gasteiger partial charge in [0, 0.05) is 10.7 Å². The number of thiophene rings is 1. The van der Waals surface area contributed by atoms with Crippen LogP contribution < -0.4 is 0 Å². The van der Waals surface area contributed by atoms with Gasteiger partial charge < -0.3 is 5.11 Å². The molecule has 7 heteroatoms. The summed E-state index contributed by atoms with van der Waals surface area (Å²) < 4.78 is 3.43. The number of carboxylic acid groups (broad SMARTS) is 1. The van der Waals surface area contributed by atoms with Crippen molar-refractivity contribution in [3.8, 4) is 16.3 Å². The third-order valence-electron chi connectivity index (χ3n) is 2.82. The van der Waals surface area contributed by atoms with Crippen LogP contribution in [0.4, 0.5) is 0 Å². The summed E-state index contributed by atoms with van der Waals surface area (Å²) >= 11 is 8.24. The SMILES string of the molecule is O=C(O)c1cn(-c2cccc(Br)c2)nc1-c1ccc(Br)s1. The Bertz CT molecular complexity index is 826.